The summed E-state index contributed by atoms with van der Waals surface area (Å²) in [6.45, 7) is 5.37. The fraction of sp³-hybridized carbons (Fsp3) is 0.316. The highest BCUT2D eigenvalue weighted by molar-refractivity contribution is 9.09. The highest BCUT2D eigenvalue weighted by Crippen LogP contribution is 2.29. The van der Waals surface area contributed by atoms with Gasteiger partial charge in [0.05, 0.1) is 4.90 Å². The molecule has 5 nitrogen and oxygen atoms in total. The van der Waals surface area contributed by atoms with Gasteiger partial charge in [0.25, 0.3) is 0 Å². The van der Waals surface area contributed by atoms with E-state index in [1.165, 1.54) is 16.7 Å². The van der Waals surface area contributed by atoms with Crippen molar-refractivity contribution in [2.24, 2.45) is 0 Å². The number of hydrogen-bond acceptors (Lipinski definition) is 4. The summed E-state index contributed by atoms with van der Waals surface area (Å²) in [4.78, 5) is 13.9. The number of anilines is 1. The van der Waals surface area contributed by atoms with E-state index >= 15 is 0 Å². The molecule has 2 aromatic carbocycles. The minimum absolute atomic E-state index is 0.246. The van der Waals surface area contributed by atoms with Crippen molar-refractivity contribution in [2.45, 2.75) is 36.2 Å². The Kier molecular flexibility index (Phi) is 6.60. The number of fused-ring (bicyclic) bond motifs is 1. The predicted octanol–water partition coefficient (Wildman–Crippen LogP) is 5.46. The van der Waals surface area contributed by atoms with E-state index in [2.05, 4.69) is 15.9 Å². The van der Waals surface area contributed by atoms with Gasteiger partial charge in [-0.15, -0.1) is 0 Å². The molecule has 27 heavy (non-hydrogen) atoms. The van der Waals surface area contributed by atoms with Gasteiger partial charge in [-0.25, -0.2) is 13.2 Å². The van der Waals surface area contributed by atoms with Crippen molar-refractivity contribution in [3.05, 3.63) is 48.0 Å². The van der Waals surface area contributed by atoms with E-state index in [4.69, 9.17) is 16.3 Å². The lowest BCUT2D eigenvalue weighted by Gasteiger charge is -2.29. The Labute approximate surface area is 173 Å². The van der Waals surface area contributed by atoms with E-state index in [0.717, 1.165) is 10.8 Å². The monoisotopic (exact) mass is 473 g/mol. The Morgan fingerprint density at radius 1 is 1.19 bits per heavy atom. The largest absolute Gasteiger partial charge is 0.443 e. The number of amides is 1. The van der Waals surface area contributed by atoms with Gasteiger partial charge in [0, 0.05) is 17.5 Å². The Balaban J connectivity index is 2.51. The zero-order valence-corrected chi connectivity index (χ0v) is 18.6. The van der Waals surface area contributed by atoms with Gasteiger partial charge in [-0.05, 0) is 61.9 Å². The predicted molar refractivity (Wildman–Crippen MR) is 113 cm³/mol. The van der Waals surface area contributed by atoms with Gasteiger partial charge in [-0.1, -0.05) is 39.7 Å². The van der Waals surface area contributed by atoms with Gasteiger partial charge < -0.3 is 4.74 Å². The zero-order chi connectivity index (χ0) is 20.4. The number of carbonyl (C=O) groups excluding carboxylic acids is 1. The molecule has 0 spiro atoms. The molecule has 0 saturated heterocycles. The first-order valence-corrected chi connectivity index (χ1v) is 11.3. The summed E-state index contributed by atoms with van der Waals surface area (Å²) in [5.74, 6) is 0. The topological polar surface area (TPSA) is 63.7 Å². The SMILES string of the molecule is CC(C)(C)OC(=O)N(c1ccc2cc(S(C)(=O)=O)ccc2c1)C(Br)C=CCl. The van der Waals surface area contributed by atoms with Crippen LogP contribution in [0.5, 0.6) is 0 Å². The van der Waals surface area contributed by atoms with Crippen molar-refractivity contribution in [3.63, 3.8) is 0 Å². The fourth-order valence-electron chi connectivity index (χ4n) is 2.40. The molecule has 2 aromatic rings. The van der Waals surface area contributed by atoms with E-state index in [-0.39, 0.29) is 4.90 Å². The molecule has 0 fully saturated rings. The van der Waals surface area contributed by atoms with Crippen LogP contribution < -0.4 is 4.90 Å². The number of alkyl halides is 1. The minimum atomic E-state index is -3.29. The second-order valence-corrected chi connectivity index (χ2v) is 10.2. The van der Waals surface area contributed by atoms with Gasteiger partial charge in [0.1, 0.15) is 10.6 Å². The standard InChI is InChI=1S/C19H21BrClNO4S/c1-19(2,3)26-18(23)22(17(20)9-10-21)15-7-5-14-12-16(27(4,24)25)8-6-13(14)11-15/h5-12,17H,1-4H3. The lowest BCUT2D eigenvalue weighted by Crippen LogP contribution is -2.40. The van der Waals surface area contributed by atoms with E-state index in [0.29, 0.717) is 5.69 Å². The first-order valence-electron chi connectivity index (χ1n) is 8.09. The van der Waals surface area contributed by atoms with Crippen molar-refractivity contribution >= 4 is 59.9 Å². The maximum Gasteiger partial charge on any atom is 0.416 e. The third kappa shape index (κ3) is 5.70. The number of sulfone groups is 1. The summed E-state index contributed by atoms with van der Waals surface area (Å²) in [5.41, 5.74) is 1.24. The van der Waals surface area contributed by atoms with Gasteiger partial charge in [-0.2, -0.15) is 0 Å². The molecule has 1 atom stereocenters. The zero-order valence-electron chi connectivity index (χ0n) is 15.4. The van der Waals surface area contributed by atoms with Crippen molar-refractivity contribution in [1.29, 1.82) is 0 Å². The Morgan fingerprint density at radius 2 is 1.78 bits per heavy atom. The molecule has 0 aliphatic rings. The van der Waals surface area contributed by atoms with Gasteiger partial charge in [-0.3, -0.25) is 4.90 Å². The quantitative estimate of drug-likeness (QED) is 0.436. The molecule has 0 aromatic heterocycles. The second-order valence-electron chi connectivity index (χ2n) is 7.01. The number of nitrogens with zero attached hydrogens (tertiary/aromatic N) is 1. The summed E-state index contributed by atoms with van der Waals surface area (Å²) < 4.78 is 29.0. The van der Waals surface area contributed by atoms with Crippen LogP contribution in [-0.2, 0) is 14.6 Å². The first kappa shape index (κ1) is 21.7. The average molecular weight is 475 g/mol. The van der Waals surface area contributed by atoms with Crippen LogP contribution in [0.4, 0.5) is 10.5 Å². The van der Waals surface area contributed by atoms with Crippen molar-refractivity contribution < 1.29 is 17.9 Å². The highest BCUT2D eigenvalue weighted by Gasteiger charge is 2.27. The third-order valence-electron chi connectivity index (χ3n) is 3.57. The van der Waals surface area contributed by atoms with Crippen LogP contribution in [0.1, 0.15) is 20.8 Å². The van der Waals surface area contributed by atoms with Crippen molar-refractivity contribution in [1.82, 2.24) is 0 Å². The third-order valence-corrected chi connectivity index (χ3v) is 5.54. The molecule has 0 N–H and O–H groups in total. The van der Waals surface area contributed by atoms with Crippen LogP contribution in [0.15, 0.2) is 52.9 Å². The summed E-state index contributed by atoms with van der Waals surface area (Å²) >= 11 is 9.10. The molecule has 0 aliphatic heterocycles. The number of carbonyl (C=O) groups is 1. The van der Waals surface area contributed by atoms with Crippen LogP contribution in [-0.4, -0.2) is 31.3 Å². The van der Waals surface area contributed by atoms with Gasteiger partial charge >= 0.3 is 6.09 Å². The molecule has 1 unspecified atom stereocenters. The van der Waals surface area contributed by atoms with Crippen LogP contribution >= 0.6 is 27.5 Å². The lowest BCUT2D eigenvalue weighted by atomic mass is 10.1. The number of rotatable bonds is 4. The molecule has 0 aliphatic carbocycles. The molecule has 0 radical (unpaired) electrons. The van der Waals surface area contributed by atoms with Gasteiger partial charge in [0.15, 0.2) is 9.84 Å². The van der Waals surface area contributed by atoms with E-state index in [1.807, 2.05) is 0 Å². The van der Waals surface area contributed by atoms with E-state index < -0.39 is 26.5 Å². The summed E-state index contributed by atoms with van der Waals surface area (Å²) in [5, 5.41) is 1.55. The molecule has 0 bridgehead atoms. The van der Waals surface area contributed by atoms with Crippen molar-refractivity contribution in [3.8, 4) is 0 Å². The first-order chi connectivity index (χ1) is 12.4. The number of benzene rings is 2. The van der Waals surface area contributed by atoms with Crippen LogP contribution in [0.3, 0.4) is 0 Å². The molecule has 146 valence electrons. The van der Waals surface area contributed by atoms with Crippen LogP contribution in [0, 0.1) is 0 Å². The fourth-order valence-corrected chi connectivity index (χ4v) is 3.92. The molecule has 0 saturated carbocycles. The summed E-state index contributed by atoms with van der Waals surface area (Å²) in [6.07, 6.45) is 2.23. The Bertz CT molecular complexity index is 983. The van der Waals surface area contributed by atoms with E-state index in [9.17, 15) is 13.2 Å². The molecular formula is C19H21BrClNO4S. The number of ether oxygens (including phenoxy) is 1. The number of hydrogen-bond donors (Lipinski definition) is 0. The average Bonchev–Trinajstić information content (AvgIpc) is 2.52. The normalized spacial score (nSPS) is 13.7. The molecule has 1 amide bonds. The number of halogens is 2. The Morgan fingerprint density at radius 3 is 2.33 bits per heavy atom. The van der Waals surface area contributed by atoms with E-state index in [1.54, 1.807) is 63.2 Å². The molecule has 0 heterocycles. The van der Waals surface area contributed by atoms with Crippen molar-refractivity contribution in [2.75, 3.05) is 11.2 Å². The van der Waals surface area contributed by atoms with Crippen LogP contribution in [0.2, 0.25) is 0 Å². The summed E-state index contributed by atoms with van der Waals surface area (Å²) in [7, 11) is -3.29. The molecule has 2 rings (SSSR count). The smallest absolute Gasteiger partial charge is 0.416 e. The molecular weight excluding hydrogens is 454 g/mol. The van der Waals surface area contributed by atoms with Gasteiger partial charge in [0.2, 0.25) is 0 Å². The second kappa shape index (κ2) is 8.20. The van der Waals surface area contributed by atoms with Crippen LogP contribution in [0.25, 0.3) is 10.8 Å². The maximum atomic E-state index is 12.7. The highest BCUT2D eigenvalue weighted by atomic mass is 79.9. The summed E-state index contributed by atoms with van der Waals surface area (Å²) in [6, 6.07) is 10.2. The lowest BCUT2D eigenvalue weighted by molar-refractivity contribution is 0.0581. The molecule has 8 heteroatoms. The maximum absolute atomic E-state index is 12.7. The Hall–Kier alpha value is -1.57. The minimum Gasteiger partial charge on any atom is -0.443 e.